The molecule has 9 aliphatic rings. The van der Waals surface area contributed by atoms with Crippen LogP contribution in [0.1, 0.15) is 113 Å². The molecule has 6 aromatic carbocycles. The summed E-state index contributed by atoms with van der Waals surface area (Å²) in [5, 5.41) is 5.10. The van der Waals surface area contributed by atoms with E-state index in [2.05, 4.69) is 134 Å². The third kappa shape index (κ3) is 4.70. The first-order valence-electron chi connectivity index (χ1n) is 23.3. The number of hydrogen-bond donors (Lipinski definition) is 0. The van der Waals surface area contributed by atoms with Crippen molar-refractivity contribution in [2.24, 2.45) is 35.5 Å². The number of fused-ring (bicyclic) bond motifs is 8. The second-order valence-corrected chi connectivity index (χ2v) is 21.8. The maximum absolute atomic E-state index is 7.05. The zero-order valence-electron chi connectivity index (χ0n) is 34.8. The van der Waals surface area contributed by atoms with E-state index < -0.39 is 0 Å². The molecule has 2 nitrogen and oxygen atoms in total. The summed E-state index contributed by atoms with van der Waals surface area (Å²) in [6, 6.07) is 45.1. The highest BCUT2D eigenvalue weighted by Crippen LogP contribution is 2.63. The first kappa shape index (κ1) is 34.0. The van der Waals surface area contributed by atoms with Gasteiger partial charge in [-0.15, -0.1) is 0 Å². The molecule has 8 fully saturated rings. The highest BCUT2D eigenvalue weighted by atomic mass is 16.3. The summed E-state index contributed by atoms with van der Waals surface area (Å²) < 4.78 is 7.05. The molecular formula is C57H55NO. The second kappa shape index (κ2) is 11.7. The monoisotopic (exact) mass is 769 g/mol. The van der Waals surface area contributed by atoms with Crippen molar-refractivity contribution in [1.82, 2.24) is 0 Å². The molecule has 1 heterocycles. The zero-order chi connectivity index (χ0) is 38.8. The normalized spacial score (nSPS) is 31.7. The standard InChI is InChI=1S/C57H55NO/c1-55(2)48-11-6-5-8-43(48)44-19-18-42(26-50(44)55)58(41-16-14-40(15-17-41)56-28-34-20-35(29-56)22-36(21-34)30-56)51-27-47-53-49(57-31-37-23-38(32-57)25-39(24-37)33-57)12-7-13-52(53)59-54(47)46-10-4-3-9-45(46)51/h3-19,26-27,34-39H,20-25,28-33H2,1-2H3. The minimum atomic E-state index is -0.0878. The number of benzene rings is 6. The van der Waals surface area contributed by atoms with Gasteiger partial charge in [0.15, 0.2) is 0 Å². The summed E-state index contributed by atoms with van der Waals surface area (Å²) in [7, 11) is 0. The molecule has 0 amide bonds. The van der Waals surface area contributed by atoms with Gasteiger partial charge in [-0.25, -0.2) is 0 Å². The Morgan fingerprint density at radius 1 is 0.475 bits per heavy atom. The van der Waals surface area contributed by atoms with E-state index in [-0.39, 0.29) is 10.8 Å². The predicted octanol–water partition coefficient (Wildman–Crippen LogP) is 15.5. The fraction of sp³-hybridized carbons (Fsp3) is 0.404. The summed E-state index contributed by atoms with van der Waals surface area (Å²) in [5.74, 6) is 5.46. The van der Waals surface area contributed by atoms with Crippen molar-refractivity contribution in [2.75, 3.05) is 4.90 Å². The first-order valence-corrected chi connectivity index (χ1v) is 23.3. The van der Waals surface area contributed by atoms with Gasteiger partial charge in [0.1, 0.15) is 11.2 Å². The van der Waals surface area contributed by atoms with Crippen LogP contribution in [0.2, 0.25) is 0 Å². The molecule has 0 N–H and O–H groups in total. The van der Waals surface area contributed by atoms with Gasteiger partial charge < -0.3 is 9.32 Å². The Labute approximate surface area is 349 Å². The molecule has 16 rings (SSSR count). The van der Waals surface area contributed by atoms with Crippen molar-refractivity contribution in [3.05, 3.63) is 138 Å². The van der Waals surface area contributed by atoms with Gasteiger partial charge in [-0.05, 0) is 193 Å². The van der Waals surface area contributed by atoms with E-state index in [9.17, 15) is 0 Å². The summed E-state index contributed by atoms with van der Waals surface area (Å²) in [6.07, 6.45) is 17.0. The van der Waals surface area contributed by atoms with Gasteiger partial charge in [-0.3, -0.25) is 0 Å². The van der Waals surface area contributed by atoms with Crippen molar-refractivity contribution >= 4 is 49.8 Å². The lowest BCUT2D eigenvalue weighted by Gasteiger charge is -2.57. The van der Waals surface area contributed by atoms with E-state index in [1.165, 1.54) is 138 Å². The van der Waals surface area contributed by atoms with Crippen LogP contribution in [0.5, 0.6) is 0 Å². The zero-order valence-corrected chi connectivity index (χ0v) is 34.8. The van der Waals surface area contributed by atoms with Crippen molar-refractivity contribution in [3.8, 4) is 11.1 Å². The second-order valence-electron chi connectivity index (χ2n) is 21.8. The fourth-order valence-electron chi connectivity index (χ4n) is 16.4. The Bertz CT molecular complexity index is 2820. The van der Waals surface area contributed by atoms with Crippen molar-refractivity contribution in [3.63, 3.8) is 0 Å². The molecule has 0 atom stereocenters. The molecule has 7 aromatic rings. The minimum absolute atomic E-state index is 0.0878. The Morgan fingerprint density at radius 2 is 1.03 bits per heavy atom. The number of anilines is 3. The smallest absolute Gasteiger partial charge is 0.143 e. The third-order valence-electron chi connectivity index (χ3n) is 17.9. The molecule has 59 heavy (non-hydrogen) atoms. The number of nitrogens with zero attached hydrogens (tertiary/aromatic N) is 1. The van der Waals surface area contributed by atoms with Crippen molar-refractivity contribution in [1.29, 1.82) is 0 Å². The van der Waals surface area contributed by atoms with E-state index in [0.29, 0.717) is 5.41 Å². The van der Waals surface area contributed by atoms with Crippen LogP contribution < -0.4 is 4.90 Å². The number of hydrogen-bond acceptors (Lipinski definition) is 2. The summed E-state index contributed by atoms with van der Waals surface area (Å²) in [5.41, 5.74) is 15.1. The lowest BCUT2D eigenvalue weighted by Crippen LogP contribution is -2.48. The van der Waals surface area contributed by atoms with E-state index in [1.807, 2.05) is 0 Å². The Hall–Kier alpha value is -4.82. The van der Waals surface area contributed by atoms with Gasteiger partial charge in [-0.1, -0.05) is 92.7 Å². The topological polar surface area (TPSA) is 16.4 Å². The maximum atomic E-state index is 7.05. The van der Waals surface area contributed by atoms with Crippen LogP contribution in [-0.4, -0.2) is 0 Å². The highest BCUT2D eigenvalue weighted by Gasteiger charge is 2.53. The van der Waals surface area contributed by atoms with Gasteiger partial charge in [0, 0.05) is 38.3 Å². The van der Waals surface area contributed by atoms with Crippen molar-refractivity contribution in [2.45, 2.75) is 107 Å². The first-order chi connectivity index (χ1) is 28.8. The van der Waals surface area contributed by atoms with Crippen LogP contribution in [-0.2, 0) is 16.2 Å². The van der Waals surface area contributed by atoms with Gasteiger partial charge in [0.2, 0.25) is 0 Å². The predicted molar refractivity (Wildman–Crippen MR) is 243 cm³/mol. The average molecular weight is 770 g/mol. The molecule has 0 unspecified atom stereocenters. The van der Waals surface area contributed by atoms with E-state index in [0.717, 1.165) is 46.7 Å². The number of furan rings is 1. The third-order valence-corrected chi connectivity index (χ3v) is 17.9. The average Bonchev–Trinajstić information content (AvgIpc) is 3.72. The van der Waals surface area contributed by atoms with Crippen LogP contribution >= 0.6 is 0 Å². The van der Waals surface area contributed by atoms with Gasteiger partial charge in [-0.2, -0.15) is 0 Å². The number of rotatable bonds is 5. The summed E-state index contributed by atoms with van der Waals surface area (Å²) in [4.78, 5) is 2.61. The van der Waals surface area contributed by atoms with Crippen LogP contribution in [0.4, 0.5) is 17.1 Å². The Morgan fingerprint density at radius 3 is 1.71 bits per heavy atom. The molecule has 0 aliphatic heterocycles. The molecule has 0 radical (unpaired) electrons. The van der Waals surface area contributed by atoms with Gasteiger partial charge in [0.05, 0.1) is 5.69 Å². The molecule has 2 heteroatoms. The molecule has 9 aliphatic carbocycles. The fourth-order valence-corrected chi connectivity index (χ4v) is 16.4. The minimum Gasteiger partial charge on any atom is -0.455 e. The molecule has 8 bridgehead atoms. The highest BCUT2D eigenvalue weighted by molar-refractivity contribution is 6.20. The Balaban J connectivity index is 0.991. The molecule has 0 spiro atoms. The van der Waals surface area contributed by atoms with Crippen LogP contribution in [0.25, 0.3) is 43.8 Å². The Kier molecular flexibility index (Phi) is 6.74. The summed E-state index contributed by atoms with van der Waals surface area (Å²) >= 11 is 0. The molecule has 0 saturated heterocycles. The van der Waals surface area contributed by atoms with Gasteiger partial charge in [0.25, 0.3) is 0 Å². The van der Waals surface area contributed by atoms with Gasteiger partial charge >= 0.3 is 0 Å². The van der Waals surface area contributed by atoms with Crippen LogP contribution in [0, 0.1) is 35.5 Å². The molecule has 8 saturated carbocycles. The van der Waals surface area contributed by atoms with Crippen LogP contribution in [0.15, 0.2) is 120 Å². The maximum Gasteiger partial charge on any atom is 0.143 e. The molecular weight excluding hydrogens is 715 g/mol. The largest absolute Gasteiger partial charge is 0.455 e. The van der Waals surface area contributed by atoms with E-state index in [1.54, 1.807) is 11.1 Å². The lowest BCUT2D eigenvalue weighted by molar-refractivity contribution is -0.00520. The molecule has 294 valence electrons. The lowest BCUT2D eigenvalue weighted by atomic mass is 9.48. The van der Waals surface area contributed by atoms with E-state index in [4.69, 9.17) is 4.42 Å². The van der Waals surface area contributed by atoms with Crippen molar-refractivity contribution < 1.29 is 4.42 Å². The van der Waals surface area contributed by atoms with Crippen LogP contribution in [0.3, 0.4) is 0 Å². The SMILES string of the molecule is CC1(C)c2ccccc2-c2ccc(N(c3ccc(C45CC6CC(CC(C6)C4)C5)cc3)c3cc4c(oc5cccc(C67CC8CC(CC(C8)C6)C7)c54)c4ccccc34)cc21. The quantitative estimate of drug-likeness (QED) is 0.173. The van der Waals surface area contributed by atoms with E-state index >= 15 is 0 Å². The molecule has 1 aromatic heterocycles. The summed E-state index contributed by atoms with van der Waals surface area (Å²) in [6.45, 7) is 4.83.